The summed E-state index contributed by atoms with van der Waals surface area (Å²) in [5.74, 6) is 0.816. The van der Waals surface area contributed by atoms with Crippen LogP contribution < -0.4 is 4.74 Å². The SMILES string of the molecule is CCc1cccc(OCc2ccccc2C(C#N)=NOC)c1. The molecule has 2 aromatic carbocycles. The Hall–Kier alpha value is -2.80. The van der Waals surface area contributed by atoms with E-state index in [-0.39, 0.29) is 5.71 Å². The van der Waals surface area contributed by atoms with E-state index >= 15 is 0 Å². The number of rotatable bonds is 6. The Labute approximate surface area is 130 Å². The molecule has 2 rings (SSSR count). The Kier molecular flexibility index (Phi) is 5.56. The van der Waals surface area contributed by atoms with Gasteiger partial charge in [0.05, 0.1) is 0 Å². The van der Waals surface area contributed by atoms with Crippen molar-refractivity contribution in [3.63, 3.8) is 0 Å². The van der Waals surface area contributed by atoms with Crippen molar-refractivity contribution >= 4 is 5.71 Å². The van der Waals surface area contributed by atoms with Crippen LogP contribution in [0.5, 0.6) is 5.75 Å². The Bertz CT molecular complexity index is 702. The molecule has 0 saturated carbocycles. The zero-order valence-electron chi connectivity index (χ0n) is 12.7. The van der Waals surface area contributed by atoms with Gasteiger partial charge in [-0.05, 0) is 29.7 Å². The van der Waals surface area contributed by atoms with E-state index in [4.69, 9.17) is 9.57 Å². The molecule has 0 saturated heterocycles. The zero-order valence-corrected chi connectivity index (χ0v) is 12.7. The molecule has 0 atom stereocenters. The molecule has 22 heavy (non-hydrogen) atoms. The summed E-state index contributed by atoms with van der Waals surface area (Å²) in [5, 5.41) is 12.9. The maximum atomic E-state index is 9.19. The predicted octanol–water partition coefficient (Wildman–Crippen LogP) is 3.70. The lowest BCUT2D eigenvalue weighted by atomic mass is 10.0. The predicted molar refractivity (Wildman–Crippen MR) is 85.8 cm³/mol. The number of hydrogen-bond acceptors (Lipinski definition) is 4. The van der Waals surface area contributed by atoms with E-state index in [2.05, 4.69) is 18.1 Å². The molecular weight excluding hydrogens is 276 g/mol. The summed E-state index contributed by atoms with van der Waals surface area (Å²) in [4.78, 5) is 4.72. The monoisotopic (exact) mass is 294 g/mol. The number of nitrogens with zero attached hydrogens (tertiary/aromatic N) is 2. The highest BCUT2D eigenvalue weighted by atomic mass is 16.6. The van der Waals surface area contributed by atoms with Gasteiger partial charge in [0.15, 0.2) is 5.71 Å². The zero-order chi connectivity index (χ0) is 15.8. The van der Waals surface area contributed by atoms with Crippen LogP contribution in [-0.4, -0.2) is 12.8 Å². The van der Waals surface area contributed by atoms with E-state index < -0.39 is 0 Å². The van der Waals surface area contributed by atoms with Crippen molar-refractivity contribution in [3.05, 3.63) is 65.2 Å². The van der Waals surface area contributed by atoms with Gasteiger partial charge in [-0.25, -0.2) is 0 Å². The number of aryl methyl sites for hydroxylation is 1. The normalized spacial score (nSPS) is 10.9. The van der Waals surface area contributed by atoms with Crippen molar-refractivity contribution < 1.29 is 9.57 Å². The molecule has 0 unspecified atom stereocenters. The van der Waals surface area contributed by atoms with Crippen LogP contribution in [0, 0.1) is 11.3 Å². The molecule has 4 nitrogen and oxygen atoms in total. The quantitative estimate of drug-likeness (QED) is 0.603. The van der Waals surface area contributed by atoms with Crippen molar-refractivity contribution in [2.45, 2.75) is 20.0 Å². The Morgan fingerprint density at radius 1 is 1.18 bits per heavy atom. The molecule has 2 aromatic rings. The smallest absolute Gasteiger partial charge is 0.187 e. The van der Waals surface area contributed by atoms with E-state index in [1.807, 2.05) is 48.5 Å². The third-order valence-corrected chi connectivity index (χ3v) is 3.26. The first kappa shape index (κ1) is 15.6. The number of hydrogen-bond donors (Lipinski definition) is 0. The summed E-state index contributed by atoms with van der Waals surface area (Å²) in [6.07, 6.45) is 0.965. The fraction of sp³-hybridized carbons (Fsp3) is 0.222. The Balaban J connectivity index is 2.20. The topological polar surface area (TPSA) is 54.6 Å². The van der Waals surface area contributed by atoms with Gasteiger partial charge in [0.2, 0.25) is 0 Å². The summed E-state index contributed by atoms with van der Waals surface area (Å²) < 4.78 is 5.84. The van der Waals surface area contributed by atoms with Crippen LogP contribution in [0.25, 0.3) is 0 Å². The Morgan fingerprint density at radius 3 is 2.73 bits per heavy atom. The van der Waals surface area contributed by atoms with E-state index in [0.29, 0.717) is 6.61 Å². The van der Waals surface area contributed by atoms with Gasteiger partial charge < -0.3 is 9.57 Å². The molecule has 0 N–H and O–H groups in total. The minimum atomic E-state index is 0.240. The van der Waals surface area contributed by atoms with Gasteiger partial charge in [0, 0.05) is 5.56 Å². The van der Waals surface area contributed by atoms with E-state index in [1.54, 1.807) is 0 Å². The number of oxime groups is 1. The molecule has 0 aliphatic carbocycles. The minimum absolute atomic E-state index is 0.240. The first-order valence-corrected chi connectivity index (χ1v) is 7.09. The summed E-state index contributed by atoms with van der Waals surface area (Å²) >= 11 is 0. The van der Waals surface area contributed by atoms with Gasteiger partial charge in [-0.15, -0.1) is 0 Å². The van der Waals surface area contributed by atoms with Gasteiger partial charge in [0.1, 0.15) is 25.5 Å². The fourth-order valence-corrected chi connectivity index (χ4v) is 2.11. The Morgan fingerprint density at radius 2 is 2.00 bits per heavy atom. The highest BCUT2D eigenvalue weighted by molar-refractivity contribution is 6.12. The van der Waals surface area contributed by atoms with Crippen LogP contribution >= 0.6 is 0 Å². The van der Waals surface area contributed by atoms with Crippen molar-refractivity contribution in [1.29, 1.82) is 5.26 Å². The molecular formula is C18H18N2O2. The van der Waals surface area contributed by atoms with Crippen LogP contribution in [0.1, 0.15) is 23.6 Å². The molecule has 0 aromatic heterocycles. The van der Waals surface area contributed by atoms with Crippen LogP contribution in [0.15, 0.2) is 53.7 Å². The lowest BCUT2D eigenvalue weighted by Crippen LogP contribution is -2.06. The van der Waals surface area contributed by atoms with Crippen LogP contribution in [0.3, 0.4) is 0 Å². The van der Waals surface area contributed by atoms with E-state index in [1.165, 1.54) is 12.7 Å². The lowest BCUT2D eigenvalue weighted by Gasteiger charge is -2.10. The average Bonchev–Trinajstić information content (AvgIpc) is 2.58. The first-order valence-electron chi connectivity index (χ1n) is 7.09. The van der Waals surface area contributed by atoms with Gasteiger partial charge in [-0.3, -0.25) is 0 Å². The maximum Gasteiger partial charge on any atom is 0.187 e. The van der Waals surface area contributed by atoms with E-state index in [9.17, 15) is 5.26 Å². The fourth-order valence-electron chi connectivity index (χ4n) is 2.11. The molecule has 0 fully saturated rings. The van der Waals surface area contributed by atoms with Crippen LogP contribution in [0.4, 0.5) is 0 Å². The van der Waals surface area contributed by atoms with E-state index in [0.717, 1.165) is 23.3 Å². The second-order valence-electron chi connectivity index (χ2n) is 4.68. The minimum Gasteiger partial charge on any atom is -0.489 e. The molecule has 0 aliphatic rings. The molecule has 0 heterocycles. The van der Waals surface area contributed by atoms with Crippen LogP contribution in [-0.2, 0) is 17.9 Å². The van der Waals surface area contributed by atoms with Crippen molar-refractivity contribution in [1.82, 2.24) is 0 Å². The molecule has 0 radical (unpaired) electrons. The molecule has 4 heteroatoms. The number of benzene rings is 2. The average molecular weight is 294 g/mol. The molecule has 0 aliphatic heterocycles. The summed E-state index contributed by atoms with van der Waals surface area (Å²) in [6, 6.07) is 17.6. The first-order chi connectivity index (χ1) is 10.8. The van der Waals surface area contributed by atoms with Gasteiger partial charge in [-0.1, -0.05) is 48.5 Å². The summed E-state index contributed by atoms with van der Waals surface area (Å²) in [5.41, 5.74) is 3.08. The standard InChI is InChI=1S/C18H18N2O2/c1-3-14-7-6-9-16(11-14)22-13-15-8-4-5-10-17(15)18(12-19)20-21-2/h4-11H,3,13H2,1-2H3. The third kappa shape index (κ3) is 3.86. The summed E-state index contributed by atoms with van der Waals surface area (Å²) in [6.45, 7) is 2.47. The molecule has 0 spiro atoms. The second-order valence-corrected chi connectivity index (χ2v) is 4.68. The van der Waals surface area contributed by atoms with Crippen molar-refractivity contribution in [3.8, 4) is 11.8 Å². The van der Waals surface area contributed by atoms with Crippen molar-refractivity contribution in [2.24, 2.45) is 5.16 Å². The number of nitriles is 1. The highest BCUT2D eigenvalue weighted by Gasteiger charge is 2.10. The lowest BCUT2D eigenvalue weighted by molar-refractivity contribution is 0.214. The highest BCUT2D eigenvalue weighted by Crippen LogP contribution is 2.17. The van der Waals surface area contributed by atoms with Gasteiger partial charge >= 0.3 is 0 Å². The molecule has 0 amide bonds. The number of ether oxygens (including phenoxy) is 1. The van der Waals surface area contributed by atoms with Gasteiger partial charge in [-0.2, -0.15) is 5.26 Å². The molecule has 0 bridgehead atoms. The third-order valence-electron chi connectivity index (χ3n) is 3.26. The van der Waals surface area contributed by atoms with Crippen LogP contribution in [0.2, 0.25) is 0 Å². The van der Waals surface area contributed by atoms with Crippen molar-refractivity contribution in [2.75, 3.05) is 7.11 Å². The van der Waals surface area contributed by atoms with Gasteiger partial charge in [0.25, 0.3) is 0 Å². The second kappa shape index (κ2) is 7.84. The maximum absolute atomic E-state index is 9.19. The molecule has 112 valence electrons. The summed E-state index contributed by atoms with van der Waals surface area (Å²) in [7, 11) is 1.42. The largest absolute Gasteiger partial charge is 0.489 e.